The smallest absolute Gasteiger partial charge is 0.251 e. The molecule has 1 heterocycles. The molecule has 1 amide bonds. The van der Waals surface area contributed by atoms with E-state index in [-0.39, 0.29) is 11.8 Å². The van der Waals surface area contributed by atoms with E-state index in [4.69, 9.17) is 9.47 Å². The number of benzene rings is 3. The number of hydrogen-bond donors (Lipinski definition) is 2. The number of fused-ring (bicyclic) bond motifs is 1. The maximum Gasteiger partial charge on any atom is 0.251 e. The Hall–Kier alpha value is -3.73. The van der Waals surface area contributed by atoms with Crippen molar-refractivity contribution < 1.29 is 14.3 Å². The first-order valence-electron chi connectivity index (χ1n) is 10.2. The van der Waals surface area contributed by atoms with E-state index in [9.17, 15) is 4.79 Å². The van der Waals surface area contributed by atoms with Gasteiger partial charge in [0.1, 0.15) is 0 Å². The zero-order valence-corrected chi connectivity index (χ0v) is 17.9. The minimum Gasteiger partial charge on any atom is -0.493 e. The van der Waals surface area contributed by atoms with Crippen molar-refractivity contribution in [2.24, 2.45) is 0 Å². The fourth-order valence-corrected chi connectivity index (χ4v) is 3.96. The average Bonchev–Trinajstić information content (AvgIpc) is 3.23. The molecule has 1 aromatic heterocycles. The van der Waals surface area contributed by atoms with Crippen molar-refractivity contribution in [3.8, 4) is 11.5 Å². The molecule has 0 spiro atoms. The molecule has 31 heavy (non-hydrogen) atoms. The summed E-state index contributed by atoms with van der Waals surface area (Å²) in [5, 5.41) is 4.22. The Bertz CT molecular complexity index is 1190. The summed E-state index contributed by atoms with van der Waals surface area (Å²) in [6, 6.07) is 21.6. The molecule has 4 aromatic rings. The van der Waals surface area contributed by atoms with Gasteiger partial charge in [-0.1, -0.05) is 48.0 Å². The Morgan fingerprint density at radius 2 is 1.71 bits per heavy atom. The molecule has 5 heteroatoms. The van der Waals surface area contributed by atoms with Crippen LogP contribution in [-0.2, 0) is 0 Å². The van der Waals surface area contributed by atoms with Crippen LogP contribution in [-0.4, -0.2) is 31.7 Å². The third-order valence-electron chi connectivity index (χ3n) is 5.59. The van der Waals surface area contributed by atoms with Crippen LogP contribution in [0.15, 0.2) is 72.9 Å². The largest absolute Gasteiger partial charge is 0.493 e. The van der Waals surface area contributed by atoms with Crippen molar-refractivity contribution in [3.05, 3.63) is 95.2 Å². The van der Waals surface area contributed by atoms with Crippen LogP contribution >= 0.6 is 0 Å². The van der Waals surface area contributed by atoms with Crippen LogP contribution in [0.3, 0.4) is 0 Å². The topological polar surface area (TPSA) is 63.3 Å². The molecule has 1 unspecified atom stereocenters. The molecular weight excluding hydrogens is 388 g/mol. The zero-order valence-electron chi connectivity index (χ0n) is 17.9. The van der Waals surface area contributed by atoms with E-state index in [0.29, 0.717) is 23.6 Å². The predicted octanol–water partition coefficient (Wildman–Crippen LogP) is 5.06. The molecule has 0 radical (unpaired) electrons. The molecule has 0 fully saturated rings. The Labute approximate surface area is 182 Å². The Kier molecular flexibility index (Phi) is 5.94. The van der Waals surface area contributed by atoms with Crippen LogP contribution in [0.4, 0.5) is 0 Å². The molecule has 0 aliphatic carbocycles. The number of H-pyrrole nitrogens is 1. The number of aryl methyl sites for hydroxylation is 1. The van der Waals surface area contributed by atoms with Gasteiger partial charge in [-0.2, -0.15) is 0 Å². The van der Waals surface area contributed by atoms with Crippen LogP contribution in [0.1, 0.15) is 33.0 Å². The molecule has 0 aliphatic heterocycles. The fourth-order valence-electron chi connectivity index (χ4n) is 3.96. The minimum atomic E-state index is -0.129. The number of para-hydroxylation sites is 2. The summed E-state index contributed by atoms with van der Waals surface area (Å²) in [6.45, 7) is 2.42. The highest BCUT2D eigenvalue weighted by Gasteiger charge is 2.24. The number of hydrogen-bond acceptors (Lipinski definition) is 3. The quantitative estimate of drug-likeness (QED) is 0.445. The number of aromatic amines is 1. The van der Waals surface area contributed by atoms with Gasteiger partial charge in [0.2, 0.25) is 0 Å². The van der Waals surface area contributed by atoms with Crippen LogP contribution in [0, 0.1) is 6.92 Å². The first kappa shape index (κ1) is 20.5. The minimum absolute atomic E-state index is 0.105. The van der Waals surface area contributed by atoms with Crippen LogP contribution in [0.25, 0.3) is 10.9 Å². The lowest BCUT2D eigenvalue weighted by Crippen LogP contribution is -2.29. The van der Waals surface area contributed by atoms with Gasteiger partial charge in [0.05, 0.1) is 14.2 Å². The molecule has 5 nitrogen and oxygen atoms in total. The van der Waals surface area contributed by atoms with Gasteiger partial charge in [0.25, 0.3) is 5.91 Å². The van der Waals surface area contributed by atoms with E-state index in [0.717, 1.165) is 27.6 Å². The van der Waals surface area contributed by atoms with Crippen molar-refractivity contribution in [3.63, 3.8) is 0 Å². The number of ether oxygens (including phenoxy) is 2. The van der Waals surface area contributed by atoms with Crippen LogP contribution in [0.5, 0.6) is 11.5 Å². The number of aromatic nitrogens is 1. The average molecular weight is 415 g/mol. The summed E-state index contributed by atoms with van der Waals surface area (Å²) < 4.78 is 11.2. The number of rotatable bonds is 7. The van der Waals surface area contributed by atoms with E-state index in [1.54, 1.807) is 14.2 Å². The molecule has 0 saturated heterocycles. The van der Waals surface area contributed by atoms with Gasteiger partial charge in [-0.05, 0) is 36.8 Å². The van der Waals surface area contributed by atoms with Gasteiger partial charge in [-0.15, -0.1) is 0 Å². The molecule has 0 bridgehead atoms. The number of carbonyl (C=O) groups is 1. The van der Waals surface area contributed by atoms with Crippen molar-refractivity contribution in [1.29, 1.82) is 0 Å². The number of carbonyl (C=O) groups excluding carboxylic acids is 1. The predicted molar refractivity (Wildman–Crippen MR) is 123 cm³/mol. The maximum absolute atomic E-state index is 12.8. The highest BCUT2D eigenvalue weighted by molar-refractivity contribution is 5.94. The van der Waals surface area contributed by atoms with Gasteiger partial charge in [0, 0.05) is 40.7 Å². The van der Waals surface area contributed by atoms with Gasteiger partial charge < -0.3 is 19.8 Å². The highest BCUT2D eigenvalue weighted by atomic mass is 16.5. The lowest BCUT2D eigenvalue weighted by Gasteiger charge is -2.22. The standard InChI is InChI=1S/C26H26N2O3/c1-17-11-13-18(14-12-17)26(29)28-16-22(20-8-6-10-24(30-2)25(20)31-3)21-15-27-23-9-5-4-7-19(21)23/h4-15,22,27H,16H2,1-3H3,(H,28,29). The second-order valence-corrected chi connectivity index (χ2v) is 7.50. The zero-order chi connectivity index (χ0) is 21.8. The van der Waals surface area contributed by atoms with Crippen molar-refractivity contribution >= 4 is 16.8 Å². The first-order valence-corrected chi connectivity index (χ1v) is 10.2. The molecule has 4 rings (SSSR count). The van der Waals surface area contributed by atoms with E-state index in [2.05, 4.69) is 16.4 Å². The normalized spacial score (nSPS) is 11.8. The van der Waals surface area contributed by atoms with E-state index < -0.39 is 0 Å². The Morgan fingerprint density at radius 3 is 2.45 bits per heavy atom. The third kappa shape index (κ3) is 4.12. The van der Waals surface area contributed by atoms with Gasteiger partial charge >= 0.3 is 0 Å². The molecule has 0 saturated carbocycles. The lowest BCUT2D eigenvalue weighted by molar-refractivity contribution is 0.0952. The lowest BCUT2D eigenvalue weighted by atomic mass is 9.89. The summed E-state index contributed by atoms with van der Waals surface area (Å²) in [5.41, 5.74) is 4.85. The van der Waals surface area contributed by atoms with Gasteiger partial charge in [-0.25, -0.2) is 0 Å². The highest BCUT2D eigenvalue weighted by Crippen LogP contribution is 2.40. The molecule has 0 aliphatic rings. The van der Waals surface area contributed by atoms with Crippen LogP contribution in [0.2, 0.25) is 0 Å². The monoisotopic (exact) mass is 414 g/mol. The van der Waals surface area contributed by atoms with Gasteiger partial charge in [0.15, 0.2) is 11.5 Å². The molecule has 2 N–H and O–H groups in total. The third-order valence-corrected chi connectivity index (χ3v) is 5.59. The van der Waals surface area contributed by atoms with E-state index in [1.807, 2.05) is 73.8 Å². The van der Waals surface area contributed by atoms with Crippen LogP contribution < -0.4 is 14.8 Å². The molecule has 3 aromatic carbocycles. The number of amides is 1. The summed E-state index contributed by atoms with van der Waals surface area (Å²) in [7, 11) is 3.26. The van der Waals surface area contributed by atoms with Crippen molar-refractivity contribution in [1.82, 2.24) is 10.3 Å². The van der Waals surface area contributed by atoms with E-state index in [1.165, 1.54) is 0 Å². The second kappa shape index (κ2) is 8.96. The number of methoxy groups -OCH3 is 2. The summed E-state index contributed by atoms with van der Waals surface area (Å²) in [6.07, 6.45) is 2.01. The molecule has 1 atom stereocenters. The summed E-state index contributed by atoms with van der Waals surface area (Å²) in [4.78, 5) is 16.2. The van der Waals surface area contributed by atoms with Crippen molar-refractivity contribution in [2.45, 2.75) is 12.8 Å². The van der Waals surface area contributed by atoms with E-state index >= 15 is 0 Å². The maximum atomic E-state index is 12.8. The Morgan fingerprint density at radius 1 is 0.935 bits per heavy atom. The fraction of sp³-hybridized carbons (Fsp3) is 0.192. The number of nitrogens with one attached hydrogen (secondary N) is 2. The van der Waals surface area contributed by atoms with Crippen molar-refractivity contribution in [2.75, 3.05) is 20.8 Å². The van der Waals surface area contributed by atoms with Gasteiger partial charge in [-0.3, -0.25) is 4.79 Å². The second-order valence-electron chi connectivity index (χ2n) is 7.50. The molecular formula is C26H26N2O3. The first-order chi connectivity index (χ1) is 15.1. The Balaban J connectivity index is 1.73. The summed E-state index contributed by atoms with van der Waals surface area (Å²) >= 11 is 0. The molecule has 158 valence electrons. The summed E-state index contributed by atoms with van der Waals surface area (Å²) in [5.74, 6) is 1.10. The SMILES string of the molecule is COc1cccc(C(CNC(=O)c2ccc(C)cc2)c2c[nH]c3ccccc23)c1OC.